The SMILES string of the molecule is CC(=O)c1ccc(S(=O)(=O)N2CCC(C(=O)NCCC(=O)NCc3ccncc3)CC2)cc1. The number of carbonyl (C=O) groups is 3. The van der Waals surface area contributed by atoms with Crippen molar-refractivity contribution in [2.24, 2.45) is 5.92 Å². The van der Waals surface area contributed by atoms with Gasteiger partial charge in [-0.05, 0) is 49.6 Å². The average molecular weight is 473 g/mol. The number of sulfonamides is 1. The molecule has 0 radical (unpaired) electrons. The van der Waals surface area contributed by atoms with Crippen molar-refractivity contribution < 1.29 is 22.8 Å². The lowest BCUT2D eigenvalue weighted by Crippen LogP contribution is -2.43. The van der Waals surface area contributed by atoms with Gasteiger partial charge in [-0.3, -0.25) is 19.4 Å². The van der Waals surface area contributed by atoms with Gasteiger partial charge in [-0.2, -0.15) is 4.31 Å². The van der Waals surface area contributed by atoms with Crippen LogP contribution in [0, 0.1) is 5.92 Å². The molecule has 176 valence electrons. The van der Waals surface area contributed by atoms with Crippen LogP contribution in [0.5, 0.6) is 0 Å². The Morgan fingerprint density at radius 1 is 1.00 bits per heavy atom. The summed E-state index contributed by atoms with van der Waals surface area (Å²) in [6.45, 7) is 2.53. The van der Waals surface area contributed by atoms with Gasteiger partial charge in [0.15, 0.2) is 5.78 Å². The predicted octanol–water partition coefficient (Wildman–Crippen LogP) is 1.51. The molecule has 3 rings (SSSR count). The van der Waals surface area contributed by atoms with Gasteiger partial charge in [0.05, 0.1) is 4.90 Å². The Kier molecular flexibility index (Phi) is 8.29. The van der Waals surface area contributed by atoms with Gasteiger partial charge in [0, 0.05) is 56.5 Å². The van der Waals surface area contributed by atoms with Crippen LogP contribution in [0.3, 0.4) is 0 Å². The number of hydrogen-bond acceptors (Lipinski definition) is 6. The van der Waals surface area contributed by atoms with Gasteiger partial charge in [0.2, 0.25) is 21.8 Å². The van der Waals surface area contributed by atoms with Gasteiger partial charge in [0.1, 0.15) is 0 Å². The summed E-state index contributed by atoms with van der Waals surface area (Å²) in [6.07, 6.45) is 4.29. The minimum absolute atomic E-state index is 0.128. The molecule has 1 aromatic carbocycles. The molecule has 2 heterocycles. The summed E-state index contributed by atoms with van der Waals surface area (Å²) >= 11 is 0. The number of rotatable bonds is 9. The van der Waals surface area contributed by atoms with Crippen molar-refractivity contribution >= 4 is 27.6 Å². The zero-order valence-corrected chi connectivity index (χ0v) is 19.3. The first-order valence-electron chi connectivity index (χ1n) is 10.8. The fourth-order valence-corrected chi connectivity index (χ4v) is 5.07. The van der Waals surface area contributed by atoms with E-state index in [1.165, 1.54) is 35.5 Å². The zero-order chi connectivity index (χ0) is 23.8. The molecule has 2 aromatic rings. The number of ketones is 1. The quantitative estimate of drug-likeness (QED) is 0.533. The van der Waals surface area contributed by atoms with Crippen LogP contribution in [0.4, 0.5) is 0 Å². The molecule has 2 amide bonds. The van der Waals surface area contributed by atoms with Crippen LogP contribution in [-0.2, 0) is 26.2 Å². The first kappa shape index (κ1) is 24.5. The number of amides is 2. The number of carbonyl (C=O) groups excluding carboxylic acids is 3. The van der Waals surface area contributed by atoms with E-state index >= 15 is 0 Å². The normalized spacial score (nSPS) is 15.1. The summed E-state index contributed by atoms with van der Waals surface area (Å²) in [5.41, 5.74) is 1.40. The second-order valence-corrected chi connectivity index (χ2v) is 9.87. The topological polar surface area (TPSA) is 126 Å². The fourth-order valence-electron chi connectivity index (χ4n) is 3.60. The maximum absolute atomic E-state index is 12.8. The molecule has 0 unspecified atom stereocenters. The van der Waals surface area contributed by atoms with E-state index in [0.29, 0.717) is 24.9 Å². The van der Waals surface area contributed by atoms with Crippen LogP contribution in [0.15, 0.2) is 53.7 Å². The fraction of sp³-hybridized carbons (Fsp3) is 0.391. The third kappa shape index (κ3) is 6.69. The molecule has 0 aliphatic carbocycles. The summed E-state index contributed by atoms with van der Waals surface area (Å²) in [4.78, 5) is 39.8. The maximum atomic E-state index is 12.8. The molecule has 2 N–H and O–H groups in total. The maximum Gasteiger partial charge on any atom is 0.243 e. The number of hydrogen-bond donors (Lipinski definition) is 2. The molecule has 1 saturated heterocycles. The van der Waals surface area contributed by atoms with E-state index in [4.69, 9.17) is 0 Å². The second kappa shape index (κ2) is 11.2. The van der Waals surface area contributed by atoms with Crippen LogP contribution in [0.25, 0.3) is 0 Å². The average Bonchev–Trinajstić information content (AvgIpc) is 2.83. The Morgan fingerprint density at radius 2 is 1.64 bits per heavy atom. The number of nitrogens with one attached hydrogen (secondary N) is 2. The molecular formula is C23H28N4O5S. The highest BCUT2D eigenvalue weighted by Crippen LogP contribution is 2.24. The van der Waals surface area contributed by atoms with E-state index in [2.05, 4.69) is 15.6 Å². The zero-order valence-electron chi connectivity index (χ0n) is 18.5. The van der Waals surface area contributed by atoms with Crippen LogP contribution >= 0.6 is 0 Å². The molecule has 0 spiro atoms. The first-order chi connectivity index (χ1) is 15.8. The number of pyridine rings is 1. The summed E-state index contributed by atoms with van der Waals surface area (Å²) in [5.74, 6) is -0.753. The van der Waals surface area contributed by atoms with E-state index in [9.17, 15) is 22.8 Å². The van der Waals surface area contributed by atoms with Crippen molar-refractivity contribution in [3.63, 3.8) is 0 Å². The van der Waals surface area contributed by atoms with E-state index in [1.807, 2.05) is 12.1 Å². The monoisotopic (exact) mass is 472 g/mol. The van der Waals surface area contributed by atoms with Crippen LogP contribution in [0.1, 0.15) is 42.1 Å². The lowest BCUT2D eigenvalue weighted by atomic mass is 9.97. The third-order valence-electron chi connectivity index (χ3n) is 5.61. The highest BCUT2D eigenvalue weighted by molar-refractivity contribution is 7.89. The molecule has 1 aliphatic rings. The Bertz CT molecular complexity index is 1080. The molecular weight excluding hydrogens is 444 g/mol. The van der Waals surface area contributed by atoms with Crippen molar-refractivity contribution in [2.75, 3.05) is 19.6 Å². The van der Waals surface area contributed by atoms with Gasteiger partial charge < -0.3 is 10.6 Å². The standard InChI is InChI=1S/C23H28N4O5S/c1-17(28)19-2-4-21(5-3-19)33(31,32)27-14-9-20(10-15-27)23(30)25-13-8-22(29)26-16-18-6-11-24-12-7-18/h2-7,11-12,20H,8-10,13-16H2,1H3,(H,25,30)(H,26,29). The second-order valence-electron chi connectivity index (χ2n) is 7.93. The minimum Gasteiger partial charge on any atom is -0.355 e. The van der Waals surface area contributed by atoms with Crippen molar-refractivity contribution in [3.05, 3.63) is 59.9 Å². The van der Waals surface area contributed by atoms with Crippen molar-refractivity contribution in [1.82, 2.24) is 19.9 Å². The van der Waals surface area contributed by atoms with Crippen LogP contribution in [0.2, 0.25) is 0 Å². The number of Topliss-reactive ketones (excluding diaryl/α,β-unsaturated/α-hetero) is 1. The van der Waals surface area contributed by atoms with Gasteiger partial charge in [-0.15, -0.1) is 0 Å². The van der Waals surface area contributed by atoms with Gasteiger partial charge >= 0.3 is 0 Å². The Labute approximate surface area is 193 Å². The highest BCUT2D eigenvalue weighted by atomic mass is 32.2. The van der Waals surface area contributed by atoms with Gasteiger partial charge in [-0.1, -0.05) is 12.1 Å². The summed E-state index contributed by atoms with van der Waals surface area (Å²) in [5, 5.41) is 5.56. The molecule has 33 heavy (non-hydrogen) atoms. The number of benzene rings is 1. The van der Waals surface area contributed by atoms with Gasteiger partial charge in [-0.25, -0.2) is 8.42 Å². The smallest absolute Gasteiger partial charge is 0.243 e. The molecule has 1 aliphatic heterocycles. The molecule has 0 saturated carbocycles. The van der Waals surface area contributed by atoms with Crippen molar-refractivity contribution in [2.45, 2.75) is 37.6 Å². The number of nitrogens with zero attached hydrogens (tertiary/aromatic N) is 2. The van der Waals surface area contributed by atoms with Crippen molar-refractivity contribution in [3.8, 4) is 0 Å². The summed E-state index contributed by atoms with van der Waals surface area (Å²) < 4.78 is 27.1. The minimum atomic E-state index is -3.68. The van der Waals surface area contributed by atoms with Gasteiger partial charge in [0.25, 0.3) is 0 Å². The number of piperidine rings is 1. The lowest BCUT2D eigenvalue weighted by Gasteiger charge is -2.30. The summed E-state index contributed by atoms with van der Waals surface area (Å²) in [7, 11) is -3.68. The predicted molar refractivity (Wildman–Crippen MR) is 122 cm³/mol. The Balaban J connectivity index is 1.41. The molecule has 10 heteroatoms. The Hall–Kier alpha value is -3.11. The van der Waals surface area contributed by atoms with E-state index in [-0.39, 0.29) is 54.5 Å². The lowest BCUT2D eigenvalue weighted by molar-refractivity contribution is -0.126. The summed E-state index contributed by atoms with van der Waals surface area (Å²) in [6, 6.07) is 9.51. The molecule has 9 nitrogen and oxygen atoms in total. The van der Waals surface area contributed by atoms with E-state index < -0.39 is 10.0 Å². The van der Waals surface area contributed by atoms with E-state index in [1.54, 1.807) is 12.4 Å². The largest absolute Gasteiger partial charge is 0.355 e. The highest BCUT2D eigenvalue weighted by Gasteiger charge is 2.32. The number of aromatic nitrogens is 1. The first-order valence-corrected chi connectivity index (χ1v) is 12.3. The van der Waals surface area contributed by atoms with E-state index in [0.717, 1.165) is 5.56 Å². The van der Waals surface area contributed by atoms with Crippen molar-refractivity contribution in [1.29, 1.82) is 0 Å². The Morgan fingerprint density at radius 3 is 2.24 bits per heavy atom. The molecule has 0 atom stereocenters. The molecule has 0 bridgehead atoms. The molecule has 1 fully saturated rings. The third-order valence-corrected chi connectivity index (χ3v) is 7.53. The molecule has 1 aromatic heterocycles. The van der Waals surface area contributed by atoms with Crippen LogP contribution < -0.4 is 10.6 Å². The van der Waals surface area contributed by atoms with Crippen LogP contribution in [-0.4, -0.2) is 54.9 Å².